The number of amides is 1. The molecule has 0 fully saturated rings. The van der Waals surface area contributed by atoms with Crippen molar-refractivity contribution >= 4 is 22.4 Å². The summed E-state index contributed by atoms with van der Waals surface area (Å²) in [5.41, 5.74) is 1.12. The number of anilines is 1. The van der Waals surface area contributed by atoms with Gasteiger partial charge in [-0.15, -0.1) is 10.2 Å². The number of benzene rings is 1. The fourth-order valence-electron chi connectivity index (χ4n) is 2.38. The Labute approximate surface area is 155 Å². The maximum atomic E-state index is 12.0. The highest BCUT2D eigenvalue weighted by Gasteiger charge is 2.12. The van der Waals surface area contributed by atoms with Crippen molar-refractivity contribution in [1.29, 1.82) is 0 Å². The molecule has 0 radical (unpaired) electrons. The Morgan fingerprint density at radius 3 is 2.85 bits per heavy atom. The predicted octanol–water partition coefficient (Wildman–Crippen LogP) is 3.43. The Morgan fingerprint density at radius 2 is 2.04 bits per heavy atom. The van der Waals surface area contributed by atoms with Crippen molar-refractivity contribution in [2.45, 2.75) is 45.4 Å². The Kier molecular flexibility index (Phi) is 6.43. The third-order valence-electron chi connectivity index (χ3n) is 3.74. The molecule has 0 atom stereocenters. The highest BCUT2D eigenvalue weighted by molar-refractivity contribution is 7.15. The fraction of sp³-hybridized carbons (Fsp3) is 0.389. The fourth-order valence-corrected chi connectivity index (χ4v) is 3.18. The quantitative estimate of drug-likeness (QED) is 0.619. The van der Waals surface area contributed by atoms with Crippen molar-refractivity contribution in [3.05, 3.63) is 52.6 Å². The van der Waals surface area contributed by atoms with Crippen LogP contribution < -0.4 is 5.32 Å². The van der Waals surface area contributed by atoms with Crippen molar-refractivity contribution in [2.24, 2.45) is 0 Å². The van der Waals surface area contributed by atoms with Gasteiger partial charge in [-0.3, -0.25) is 4.79 Å². The molecule has 0 spiro atoms. The average molecular weight is 371 g/mol. The van der Waals surface area contributed by atoms with Gasteiger partial charge in [-0.25, -0.2) is 0 Å². The van der Waals surface area contributed by atoms with E-state index in [2.05, 4.69) is 32.6 Å². The van der Waals surface area contributed by atoms with E-state index in [4.69, 9.17) is 4.52 Å². The van der Waals surface area contributed by atoms with Crippen molar-refractivity contribution in [3.8, 4) is 0 Å². The summed E-state index contributed by atoms with van der Waals surface area (Å²) in [5, 5.41) is 16.3. The van der Waals surface area contributed by atoms with Crippen molar-refractivity contribution < 1.29 is 9.32 Å². The van der Waals surface area contributed by atoms with E-state index >= 15 is 0 Å². The molecule has 136 valence electrons. The number of nitrogens with one attached hydrogen (secondary N) is 1. The van der Waals surface area contributed by atoms with Gasteiger partial charge in [0.05, 0.1) is 0 Å². The van der Waals surface area contributed by atoms with Crippen LogP contribution in [-0.2, 0) is 24.1 Å². The van der Waals surface area contributed by atoms with Crippen LogP contribution in [0.25, 0.3) is 0 Å². The van der Waals surface area contributed by atoms with Gasteiger partial charge in [0.1, 0.15) is 5.01 Å². The van der Waals surface area contributed by atoms with Gasteiger partial charge >= 0.3 is 0 Å². The first-order valence-electron chi connectivity index (χ1n) is 8.70. The van der Waals surface area contributed by atoms with E-state index in [9.17, 15) is 4.79 Å². The van der Waals surface area contributed by atoms with E-state index < -0.39 is 0 Å². The van der Waals surface area contributed by atoms with E-state index in [1.165, 1.54) is 11.3 Å². The highest BCUT2D eigenvalue weighted by atomic mass is 32.1. The summed E-state index contributed by atoms with van der Waals surface area (Å²) in [6, 6.07) is 9.94. The minimum Gasteiger partial charge on any atom is -0.339 e. The molecule has 1 amide bonds. The van der Waals surface area contributed by atoms with Crippen molar-refractivity contribution in [1.82, 2.24) is 20.3 Å². The van der Waals surface area contributed by atoms with E-state index in [0.29, 0.717) is 29.7 Å². The molecule has 1 N–H and O–H groups in total. The molecular weight excluding hydrogens is 350 g/mol. The second-order valence-electron chi connectivity index (χ2n) is 5.92. The Hall–Kier alpha value is -2.61. The van der Waals surface area contributed by atoms with Gasteiger partial charge in [-0.2, -0.15) is 4.98 Å². The third kappa shape index (κ3) is 5.45. The van der Waals surface area contributed by atoms with Gasteiger partial charge in [0.25, 0.3) is 0 Å². The summed E-state index contributed by atoms with van der Waals surface area (Å²) < 4.78 is 5.22. The van der Waals surface area contributed by atoms with Crippen molar-refractivity contribution in [3.63, 3.8) is 0 Å². The largest absolute Gasteiger partial charge is 0.339 e. The highest BCUT2D eigenvalue weighted by Crippen LogP contribution is 2.17. The molecule has 1 aromatic carbocycles. The number of hydrogen-bond acceptors (Lipinski definition) is 7. The SMILES string of the molecule is CCCCc1nnc(NC(=O)CCc2nc(Cc3ccccc3)no2)s1. The minimum atomic E-state index is -0.133. The summed E-state index contributed by atoms with van der Waals surface area (Å²) in [4.78, 5) is 16.4. The van der Waals surface area contributed by atoms with Crippen LogP contribution in [0.2, 0.25) is 0 Å². The van der Waals surface area contributed by atoms with Gasteiger partial charge in [0, 0.05) is 25.7 Å². The van der Waals surface area contributed by atoms with Gasteiger partial charge in [0.15, 0.2) is 5.82 Å². The van der Waals surface area contributed by atoms with Crippen LogP contribution in [0, 0.1) is 0 Å². The van der Waals surface area contributed by atoms with E-state index in [1.807, 2.05) is 30.3 Å². The maximum Gasteiger partial charge on any atom is 0.227 e. The lowest BCUT2D eigenvalue weighted by Gasteiger charge is -1.98. The molecule has 0 aliphatic heterocycles. The van der Waals surface area contributed by atoms with Crippen molar-refractivity contribution in [2.75, 3.05) is 5.32 Å². The molecule has 0 bridgehead atoms. The van der Waals surface area contributed by atoms with E-state index in [1.54, 1.807) is 0 Å². The summed E-state index contributed by atoms with van der Waals surface area (Å²) in [6.45, 7) is 2.13. The molecule has 26 heavy (non-hydrogen) atoms. The zero-order valence-electron chi connectivity index (χ0n) is 14.6. The number of nitrogens with zero attached hydrogens (tertiary/aromatic N) is 4. The molecule has 8 heteroatoms. The standard InChI is InChI=1S/C18H21N5O2S/c1-2-3-9-17-21-22-18(26-17)20-15(24)10-11-16-19-14(23-25-16)12-13-7-5-4-6-8-13/h4-8H,2-3,9-12H2,1H3,(H,20,22,24). The lowest BCUT2D eigenvalue weighted by atomic mass is 10.1. The smallest absolute Gasteiger partial charge is 0.227 e. The van der Waals surface area contributed by atoms with Gasteiger partial charge in [-0.1, -0.05) is 60.2 Å². The average Bonchev–Trinajstić information content (AvgIpc) is 3.28. The third-order valence-corrected chi connectivity index (χ3v) is 4.64. The molecule has 2 heterocycles. The maximum absolute atomic E-state index is 12.0. The monoisotopic (exact) mass is 371 g/mol. The minimum absolute atomic E-state index is 0.133. The summed E-state index contributed by atoms with van der Waals surface area (Å²) in [5.74, 6) is 0.953. The number of hydrogen-bond donors (Lipinski definition) is 1. The van der Waals surface area contributed by atoms with Crippen LogP contribution in [0.5, 0.6) is 0 Å². The zero-order chi connectivity index (χ0) is 18.2. The first-order chi connectivity index (χ1) is 12.7. The first kappa shape index (κ1) is 18.2. The lowest BCUT2D eigenvalue weighted by Crippen LogP contribution is -2.12. The predicted molar refractivity (Wildman–Crippen MR) is 99.0 cm³/mol. The second-order valence-corrected chi connectivity index (χ2v) is 6.98. The molecule has 0 unspecified atom stereocenters. The summed E-state index contributed by atoms with van der Waals surface area (Å²) in [6.07, 6.45) is 4.35. The molecule has 7 nitrogen and oxygen atoms in total. The van der Waals surface area contributed by atoms with Crippen LogP contribution >= 0.6 is 11.3 Å². The van der Waals surface area contributed by atoms with Gasteiger partial charge in [0.2, 0.25) is 16.9 Å². The number of rotatable bonds is 9. The van der Waals surface area contributed by atoms with Gasteiger partial charge < -0.3 is 9.84 Å². The molecule has 0 saturated heterocycles. The number of aryl methyl sites for hydroxylation is 2. The zero-order valence-corrected chi connectivity index (χ0v) is 15.5. The molecule has 3 rings (SSSR count). The number of carbonyl (C=O) groups excluding carboxylic acids is 1. The molecule has 3 aromatic rings. The van der Waals surface area contributed by atoms with E-state index in [0.717, 1.165) is 29.8 Å². The van der Waals surface area contributed by atoms with E-state index in [-0.39, 0.29) is 12.3 Å². The molecule has 0 aliphatic rings. The van der Waals surface area contributed by atoms with Crippen LogP contribution in [0.4, 0.5) is 5.13 Å². The number of aromatic nitrogens is 4. The summed E-state index contributed by atoms with van der Waals surface area (Å²) in [7, 11) is 0. The van der Waals surface area contributed by atoms with Crippen LogP contribution in [0.15, 0.2) is 34.9 Å². The van der Waals surface area contributed by atoms with Gasteiger partial charge in [-0.05, 0) is 12.0 Å². The normalized spacial score (nSPS) is 10.8. The van der Waals surface area contributed by atoms with Crippen LogP contribution in [-0.4, -0.2) is 26.2 Å². The lowest BCUT2D eigenvalue weighted by molar-refractivity contribution is -0.116. The topological polar surface area (TPSA) is 93.8 Å². The Morgan fingerprint density at radius 1 is 1.19 bits per heavy atom. The number of unbranched alkanes of at least 4 members (excludes halogenated alkanes) is 1. The molecular formula is C18H21N5O2S. The van der Waals surface area contributed by atoms with Crippen LogP contribution in [0.3, 0.4) is 0 Å². The Balaban J connectivity index is 1.45. The first-order valence-corrected chi connectivity index (χ1v) is 9.52. The Bertz CT molecular complexity index is 831. The molecule has 0 aliphatic carbocycles. The molecule has 2 aromatic heterocycles. The second kappa shape index (κ2) is 9.19. The molecule has 0 saturated carbocycles. The number of carbonyl (C=O) groups is 1. The van der Waals surface area contributed by atoms with Crippen LogP contribution in [0.1, 0.15) is 48.5 Å². The summed E-state index contributed by atoms with van der Waals surface area (Å²) >= 11 is 1.42.